The van der Waals surface area contributed by atoms with E-state index in [0.717, 1.165) is 35.3 Å². The van der Waals surface area contributed by atoms with Crippen LogP contribution >= 0.6 is 0 Å². The van der Waals surface area contributed by atoms with E-state index < -0.39 is 5.50 Å². The topological polar surface area (TPSA) is 18.5 Å². The van der Waals surface area contributed by atoms with Crippen molar-refractivity contribution in [3.05, 3.63) is 64.7 Å². The zero-order valence-corrected chi connectivity index (χ0v) is 18.4. The van der Waals surface area contributed by atoms with Crippen molar-refractivity contribution in [3.8, 4) is 22.6 Å². The zero-order chi connectivity index (χ0) is 21.3. The second-order valence-electron chi connectivity index (χ2n) is 9.51. The van der Waals surface area contributed by atoms with Gasteiger partial charge in [-0.05, 0) is 83.5 Å². The Hall–Kier alpha value is -2.68. The lowest BCUT2D eigenvalue weighted by Crippen LogP contribution is -2.32. The summed E-state index contributed by atoms with van der Waals surface area (Å²) in [7, 11) is 8.06. The molecule has 0 bridgehead atoms. The quantitative estimate of drug-likeness (QED) is 0.449. The Balaban J connectivity index is 1.96. The number of fused-ring (bicyclic) bond motifs is 8. The largest absolute Gasteiger partial charge is 0.497 e. The first-order valence-electron chi connectivity index (χ1n) is 10.7. The second-order valence-corrected chi connectivity index (χ2v) is 9.51. The average molecular weight is 394 g/mol. The van der Waals surface area contributed by atoms with Crippen molar-refractivity contribution in [2.24, 2.45) is 0 Å². The number of methoxy groups -OCH3 is 1. The van der Waals surface area contributed by atoms with E-state index >= 15 is 0 Å². The van der Waals surface area contributed by atoms with E-state index in [1.165, 1.54) is 33.2 Å². The Morgan fingerprint density at radius 1 is 1.07 bits per heavy atom. The summed E-state index contributed by atoms with van der Waals surface area (Å²) in [5.41, 5.74) is 7.23. The Bertz CT molecular complexity index is 1220. The molecule has 3 aromatic rings. The molecule has 150 valence electrons. The molecule has 1 aliphatic carbocycles. The van der Waals surface area contributed by atoms with E-state index in [4.69, 9.17) is 17.3 Å². The van der Waals surface area contributed by atoms with E-state index in [1.807, 2.05) is 19.1 Å². The predicted molar refractivity (Wildman–Crippen MR) is 126 cm³/mol. The van der Waals surface area contributed by atoms with E-state index in [-0.39, 0.29) is 5.41 Å². The van der Waals surface area contributed by atoms with Gasteiger partial charge in [-0.25, -0.2) is 0 Å². The van der Waals surface area contributed by atoms with Gasteiger partial charge in [-0.15, -0.1) is 0 Å². The van der Waals surface area contributed by atoms with Crippen molar-refractivity contribution in [1.29, 1.82) is 0 Å². The maximum atomic E-state index is 6.36. The summed E-state index contributed by atoms with van der Waals surface area (Å²) in [5.74, 6) is 1.68. The first kappa shape index (κ1) is 19.3. The van der Waals surface area contributed by atoms with Crippen molar-refractivity contribution in [1.82, 2.24) is 0 Å². The number of hydrogen-bond donors (Lipinski definition) is 0. The van der Waals surface area contributed by atoms with Crippen LogP contribution in [0.3, 0.4) is 0 Å². The van der Waals surface area contributed by atoms with Gasteiger partial charge in [-0.1, -0.05) is 44.2 Å². The Morgan fingerprint density at radius 3 is 2.63 bits per heavy atom. The monoisotopic (exact) mass is 394 g/mol. The predicted octanol–water partition coefficient (Wildman–Crippen LogP) is 6.34. The highest BCUT2D eigenvalue weighted by atomic mass is 16.5. The van der Waals surface area contributed by atoms with Crippen LogP contribution in [0.4, 0.5) is 0 Å². The van der Waals surface area contributed by atoms with Crippen molar-refractivity contribution >= 4 is 24.7 Å². The van der Waals surface area contributed by atoms with Crippen LogP contribution in [0.15, 0.2) is 42.5 Å². The number of benzene rings is 3. The smallest absolute Gasteiger partial charge is 0.137 e. The molecule has 0 aromatic heterocycles. The normalized spacial score (nSPS) is 21.2. The van der Waals surface area contributed by atoms with Crippen LogP contribution in [-0.4, -0.2) is 20.5 Å². The van der Waals surface area contributed by atoms with Crippen LogP contribution in [0.25, 0.3) is 28.0 Å². The van der Waals surface area contributed by atoms with Gasteiger partial charge in [0.05, 0.1) is 12.6 Å². The molecule has 30 heavy (non-hydrogen) atoms. The molecule has 3 aromatic carbocycles. The van der Waals surface area contributed by atoms with Gasteiger partial charge in [0.1, 0.15) is 19.3 Å². The molecule has 3 heteroatoms. The summed E-state index contributed by atoms with van der Waals surface area (Å²) in [6, 6.07) is 13.0. The first-order valence-corrected chi connectivity index (χ1v) is 10.7. The summed E-state index contributed by atoms with van der Waals surface area (Å²) in [6.07, 6.45) is 6.20. The van der Waals surface area contributed by atoms with E-state index in [0.29, 0.717) is 0 Å². The lowest BCUT2D eigenvalue weighted by atomic mass is 9.77. The van der Waals surface area contributed by atoms with Crippen LogP contribution in [-0.2, 0) is 11.8 Å². The van der Waals surface area contributed by atoms with Gasteiger partial charge in [0.15, 0.2) is 0 Å². The average Bonchev–Trinajstić information content (AvgIpc) is 2.82. The molecule has 1 heterocycles. The summed E-state index contributed by atoms with van der Waals surface area (Å²) in [5, 5.41) is 2.25. The van der Waals surface area contributed by atoms with Crippen LogP contribution < -0.4 is 9.47 Å². The maximum absolute atomic E-state index is 6.36. The van der Waals surface area contributed by atoms with Crippen LogP contribution in [0.2, 0.25) is 0 Å². The molecule has 0 amide bonds. The highest BCUT2D eigenvalue weighted by Gasteiger charge is 2.34. The van der Waals surface area contributed by atoms with Gasteiger partial charge in [-0.3, -0.25) is 0 Å². The molecule has 2 radical (unpaired) electrons. The molecule has 0 spiro atoms. The molecule has 5 rings (SSSR count). The Labute approximate surface area is 180 Å². The van der Waals surface area contributed by atoms with Crippen molar-refractivity contribution < 1.29 is 9.47 Å². The fourth-order valence-electron chi connectivity index (χ4n) is 5.33. The molecule has 2 aliphatic rings. The highest BCUT2D eigenvalue weighted by molar-refractivity contribution is 6.17. The number of hydrogen-bond acceptors (Lipinski definition) is 2. The number of aryl methyl sites for hydroxylation is 1. The summed E-state index contributed by atoms with van der Waals surface area (Å²) in [6.45, 7) is 8.86. The molecule has 0 fully saturated rings. The van der Waals surface area contributed by atoms with Gasteiger partial charge in [0.2, 0.25) is 0 Å². The van der Waals surface area contributed by atoms with Gasteiger partial charge in [0, 0.05) is 10.9 Å². The van der Waals surface area contributed by atoms with Crippen LogP contribution in [0.5, 0.6) is 11.5 Å². The minimum Gasteiger partial charge on any atom is -0.497 e. The molecule has 0 N–H and O–H groups in total. The third kappa shape index (κ3) is 2.79. The van der Waals surface area contributed by atoms with Crippen molar-refractivity contribution in [2.45, 2.75) is 51.5 Å². The summed E-state index contributed by atoms with van der Waals surface area (Å²) in [4.78, 5) is 0. The standard InChI is InChI=1S/C27H27BO2/c1-16-7-6-8-21-23-18-10-9-17(29-5)15-22(18)25-20(12-14-27(4,28)30-25)19(23)11-13-26(2,3)24(16)21/h6-10,12,14-15H,11,13H2,1-5H3. The summed E-state index contributed by atoms with van der Waals surface area (Å²) < 4.78 is 11.9. The molecule has 0 saturated heterocycles. The SMILES string of the molecule is [B]C1(C)C=Cc2c3c(c4ccc(OC)cc4c2O1)-c1cccc(C)c1C(C)(C)CC3. The lowest BCUT2D eigenvalue weighted by Gasteiger charge is -2.32. The molecule has 1 unspecified atom stereocenters. The van der Waals surface area contributed by atoms with Crippen LogP contribution in [0.1, 0.15) is 49.4 Å². The minimum atomic E-state index is -0.824. The third-order valence-electron chi connectivity index (χ3n) is 6.73. The van der Waals surface area contributed by atoms with Crippen molar-refractivity contribution in [2.75, 3.05) is 7.11 Å². The van der Waals surface area contributed by atoms with Gasteiger partial charge < -0.3 is 9.47 Å². The third-order valence-corrected chi connectivity index (χ3v) is 6.73. The first-order chi connectivity index (χ1) is 14.2. The van der Waals surface area contributed by atoms with E-state index in [1.54, 1.807) is 7.11 Å². The second kappa shape index (κ2) is 6.41. The summed E-state index contributed by atoms with van der Waals surface area (Å²) >= 11 is 0. The maximum Gasteiger partial charge on any atom is 0.137 e. The molecular weight excluding hydrogens is 367 g/mol. The Kier molecular flexibility index (Phi) is 4.12. The fraction of sp³-hybridized carbons (Fsp3) is 0.333. The fourth-order valence-corrected chi connectivity index (χ4v) is 5.33. The van der Waals surface area contributed by atoms with Crippen LogP contribution in [0, 0.1) is 6.92 Å². The molecule has 0 saturated carbocycles. The van der Waals surface area contributed by atoms with Gasteiger partial charge >= 0.3 is 0 Å². The number of ether oxygens (including phenoxy) is 2. The highest BCUT2D eigenvalue weighted by Crippen LogP contribution is 2.51. The van der Waals surface area contributed by atoms with Gasteiger partial charge in [-0.2, -0.15) is 0 Å². The molecule has 1 aliphatic heterocycles. The van der Waals surface area contributed by atoms with E-state index in [2.05, 4.69) is 57.2 Å². The van der Waals surface area contributed by atoms with Gasteiger partial charge in [0.25, 0.3) is 0 Å². The minimum absolute atomic E-state index is 0.0903. The molecular formula is C27H27BO2. The number of rotatable bonds is 1. The van der Waals surface area contributed by atoms with E-state index in [9.17, 15) is 0 Å². The zero-order valence-electron chi connectivity index (χ0n) is 18.4. The Morgan fingerprint density at radius 2 is 1.87 bits per heavy atom. The molecule has 1 atom stereocenters. The lowest BCUT2D eigenvalue weighted by molar-refractivity contribution is 0.227. The van der Waals surface area contributed by atoms with Crippen molar-refractivity contribution in [3.63, 3.8) is 0 Å². The molecule has 2 nitrogen and oxygen atoms in total.